The number of imidazole rings is 1. The molecule has 0 aliphatic carbocycles. The van der Waals surface area contributed by atoms with E-state index in [2.05, 4.69) is 10.3 Å². The molecule has 3 heterocycles. The van der Waals surface area contributed by atoms with E-state index in [1.165, 1.54) is 11.3 Å². The third kappa shape index (κ3) is 1.81. The molecule has 100 valence electrons. The van der Waals surface area contributed by atoms with E-state index in [0.717, 1.165) is 11.8 Å². The summed E-state index contributed by atoms with van der Waals surface area (Å²) >= 11 is 1.53. The van der Waals surface area contributed by atoms with E-state index >= 15 is 0 Å². The Kier molecular flexibility index (Phi) is 3.08. The van der Waals surface area contributed by atoms with Gasteiger partial charge in [0.05, 0.1) is 5.56 Å². The van der Waals surface area contributed by atoms with E-state index < -0.39 is 0 Å². The highest BCUT2D eigenvalue weighted by atomic mass is 32.1. The van der Waals surface area contributed by atoms with Gasteiger partial charge in [0.1, 0.15) is 17.0 Å². The molecule has 3 aromatic heterocycles. The number of thiophene rings is 1. The highest BCUT2D eigenvalue weighted by Crippen LogP contribution is 2.27. The summed E-state index contributed by atoms with van der Waals surface area (Å²) in [7, 11) is 1.57. The average molecular weight is 285 g/mol. The van der Waals surface area contributed by atoms with Crippen LogP contribution in [0.2, 0.25) is 0 Å². The summed E-state index contributed by atoms with van der Waals surface area (Å²) < 4.78 is 1.65. The fourth-order valence-corrected chi connectivity index (χ4v) is 2.76. The van der Waals surface area contributed by atoms with Gasteiger partial charge >= 0.3 is 0 Å². The predicted octanol–water partition coefficient (Wildman–Crippen LogP) is 2.23. The van der Waals surface area contributed by atoms with Crippen LogP contribution >= 0.6 is 11.3 Å². The number of nitrogens with one attached hydrogen (secondary N) is 1. The van der Waals surface area contributed by atoms with Gasteiger partial charge in [0.2, 0.25) is 0 Å². The van der Waals surface area contributed by atoms with E-state index in [9.17, 15) is 9.59 Å². The van der Waals surface area contributed by atoms with Gasteiger partial charge in [0, 0.05) is 24.2 Å². The monoisotopic (exact) mass is 285 g/mol. The Morgan fingerprint density at radius 2 is 2.30 bits per heavy atom. The van der Waals surface area contributed by atoms with Crippen LogP contribution in [0.15, 0.2) is 35.2 Å². The van der Waals surface area contributed by atoms with Gasteiger partial charge < -0.3 is 5.32 Å². The summed E-state index contributed by atoms with van der Waals surface area (Å²) in [4.78, 5) is 27.7. The normalized spacial score (nSPS) is 10.7. The number of fused-ring (bicyclic) bond motifs is 1. The van der Waals surface area contributed by atoms with Crippen LogP contribution in [0.1, 0.15) is 20.8 Å². The zero-order valence-corrected chi connectivity index (χ0v) is 11.5. The Morgan fingerprint density at radius 3 is 2.95 bits per heavy atom. The molecule has 1 amide bonds. The summed E-state index contributed by atoms with van der Waals surface area (Å²) in [6, 6.07) is 5.31. The van der Waals surface area contributed by atoms with Crippen molar-refractivity contribution in [3.05, 3.63) is 46.4 Å². The lowest BCUT2D eigenvalue weighted by atomic mass is 10.2. The topological polar surface area (TPSA) is 63.5 Å². The van der Waals surface area contributed by atoms with E-state index in [4.69, 9.17) is 0 Å². The van der Waals surface area contributed by atoms with E-state index in [1.807, 2.05) is 16.8 Å². The molecule has 0 spiro atoms. The molecule has 0 aromatic carbocycles. The van der Waals surface area contributed by atoms with Gasteiger partial charge in [-0.05, 0) is 23.6 Å². The van der Waals surface area contributed by atoms with Crippen LogP contribution in [0, 0.1) is 0 Å². The molecule has 0 aliphatic rings. The minimum atomic E-state index is -0.234. The van der Waals surface area contributed by atoms with Crippen LogP contribution in [-0.4, -0.2) is 28.6 Å². The van der Waals surface area contributed by atoms with Crippen LogP contribution < -0.4 is 5.32 Å². The smallest absolute Gasteiger partial charge is 0.270 e. The molecule has 3 aromatic rings. The minimum absolute atomic E-state index is 0.234. The second-order valence-corrected chi connectivity index (χ2v) is 4.96. The van der Waals surface area contributed by atoms with Crippen LogP contribution in [0.5, 0.6) is 0 Å². The van der Waals surface area contributed by atoms with E-state index in [-0.39, 0.29) is 5.91 Å². The quantitative estimate of drug-likeness (QED) is 0.751. The highest BCUT2D eigenvalue weighted by Gasteiger charge is 2.21. The third-order valence-electron chi connectivity index (χ3n) is 3.04. The fourth-order valence-electron chi connectivity index (χ4n) is 2.12. The first kappa shape index (κ1) is 12.6. The molecule has 0 unspecified atom stereocenters. The summed E-state index contributed by atoms with van der Waals surface area (Å²) in [5.41, 5.74) is 2.83. The summed E-state index contributed by atoms with van der Waals surface area (Å²) in [5, 5.41) is 6.46. The number of aldehydes is 1. The standard InChI is InChI=1S/C14H11N3O2S/c1-15-14(19)12-11(10-4-6-20-8-10)16-13-9(7-18)3-2-5-17(12)13/h2-8H,1H3,(H,15,19). The van der Waals surface area contributed by atoms with Gasteiger partial charge in [-0.25, -0.2) is 4.98 Å². The molecule has 0 saturated heterocycles. The number of hydrogen-bond donors (Lipinski definition) is 1. The van der Waals surface area contributed by atoms with Crippen molar-refractivity contribution in [2.45, 2.75) is 0 Å². The van der Waals surface area contributed by atoms with Gasteiger partial charge in [0.25, 0.3) is 5.91 Å². The number of nitrogens with zero attached hydrogens (tertiary/aromatic N) is 2. The van der Waals surface area contributed by atoms with Gasteiger partial charge in [-0.1, -0.05) is 0 Å². The van der Waals surface area contributed by atoms with Crippen LogP contribution in [0.3, 0.4) is 0 Å². The lowest BCUT2D eigenvalue weighted by Crippen LogP contribution is -2.20. The minimum Gasteiger partial charge on any atom is -0.354 e. The first-order valence-electron chi connectivity index (χ1n) is 5.97. The van der Waals surface area contributed by atoms with Gasteiger partial charge in [-0.3, -0.25) is 14.0 Å². The molecule has 3 rings (SSSR count). The van der Waals surface area contributed by atoms with Crippen molar-refractivity contribution in [1.29, 1.82) is 0 Å². The lowest BCUT2D eigenvalue weighted by molar-refractivity contribution is 0.0957. The number of carbonyl (C=O) groups excluding carboxylic acids is 2. The number of hydrogen-bond acceptors (Lipinski definition) is 4. The second kappa shape index (κ2) is 4.90. The SMILES string of the molecule is CNC(=O)c1c(-c2ccsc2)nc2c(C=O)cccn12. The number of aromatic nitrogens is 2. The number of rotatable bonds is 3. The number of carbonyl (C=O) groups is 2. The first-order chi connectivity index (χ1) is 9.76. The van der Waals surface area contributed by atoms with Crippen LogP contribution in [0.25, 0.3) is 16.9 Å². The summed E-state index contributed by atoms with van der Waals surface area (Å²) in [5.74, 6) is -0.234. The maximum Gasteiger partial charge on any atom is 0.270 e. The van der Waals surface area contributed by atoms with Crippen molar-refractivity contribution in [3.63, 3.8) is 0 Å². The van der Waals surface area contributed by atoms with Crippen molar-refractivity contribution in [3.8, 4) is 11.3 Å². The molecule has 0 aliphatic heterocycles. The molecule has 1 N–H and O–H groups in total. The largest absolute Gasteiger partial charge is 0.354 e. The second-order valence-electron chi connectivity index (χ2n) is 4.18. The Morgan fingerprint density at radius 1 is 1.45 bits per heavy atom. The molecule has 20 heavy (non-hydrogen) atoms. The van der Waals surface area contributed by atoms with Crippen molar-refractivity contribution >= 4 is 29.2 Å². The third-order valence-corrected chi connectivity index (χ3v) is 3.73. The van der Waals surface area contributed by atoms with Gasteiger partial charge in [0.15, 0.2) is 6.29 Å². The predicted molar refractivity (Wildman–Crippen MR) is 77.3 cm³/mol. The van der Waals surface area contributed by atoms with Gasteiger partial charge in [-0.2, -0.15) is 11.3 Å². The Labute approximate surface area is 118 Å². The molecule has 6 heteroatoms. The van der Waals surface area contributed by atoms with E-state index in [0.29, 0.717) is 22.6 Å². The molecule has 0 fully saturated rings. The first-order valence-corrected chi connectivity index (χ1v) is 6.91. The summed E-state index contributed by atoms with van der Waals surface area (Å²) in [6.45, 7) is 0. The zero-order chi connectivity index (χ0) is 14.1. The van der Waals surface area contributed by atoms with Crippen LogP contribution in [0.4, 0.5) is 0 Å². The fraction of sp³-hybridized carbons (Fsp3) is 0.0714. The van der Waals surface area contributed by atoms with Crippen molar-refractivity contribution in [2.24, 2.45) is 0 Å². The zero-order valence-electron chi connectivity index (χ0n) is 10.7. The summed E-state index contributed by atoms with van der Waals surface area (Å²) in [6.07, 6.45) is 2.48. The molecule has 5 nitrogen and oxygen atoms in total. The molecule has 0 radical (unpaired) electrons. The average Bonchev–Trinajstić information content (AvgIpc) is 3.12. The maximum atomic E-state index is 12.1. The number of amides is 1. The maximum absolute atomic E-state index is 12.1. The molecule has 0 atom stereocenters. The van der Waals surface area contributed by atoms with Crippen molar-refractivity contribution in [2.75, 3.05) is 7.05 Å². The van der Waals surface area contributed by atoms with Gasteiger partial charge in [-0.15, -0.1) is 0 Å². The molecule has 0 bridgehead atoms. The van der Waals surface area contributed by atoms with Crippen molar-refractivity contribution in [1.82, 2.24) is 14.7 Å². The Balaban J connectivity index is 2.39. The van der Waals surface area contributed by atoms with E-state index in [1.54, 1.807) is 29.8 Å². The molecular formula is C14H11N3O2S. The van der Waals surface area contributed by atoms with Crippen molar-refractivity contribution < 1.29 is 9.59 Å². The molecular weight excluding hydrogens is 274 g/mol. The van der Waals surface area contributed by atoms with Crippen LogP contribution in [-0.2, 0) is 0 Å². The highest BCUT2D eigenvalue weighted by molar-refractivity contribution is 7.08. The number of pyridine rings is 1. The Hall–Kier alpha value is -2.47. The Bertz CT molecular complexity index is 790. The molecule has 0 saturated carbocycles. The lowest BCUT2D eigenvalue weighted by Gasteiger charge is -2.02.